The highest BCUT2D eigenvalue weighted by Crippen LogP contribution is 2.26. The molecule has 2 aromatic heterocycles. The van der Waals surface area contributed by atoms with Gasteiger partial charge in [-0.1, -0.05) is 6.07 Å². The highest BCUT2D eigenvalue weighted by molar-refractivity contribution is 6.23. The van der Waals surface area contributed by atoms with Crippen LogP contribution < -0.4 is 5.32 Å². The summed E-state index contributed by atoms with van der Waals surface area (Å²) in [6, 6.07) is 8.79. The quantitative estimate of drug-likeness (QED) is 0.424. The Morgan fingerprint density at radius 2 is 1.93 bits per heavy atom. The van der Waals surface area contributed by atoms with Crippen LogP contribution in [0.2, 0.25) is 0 Å². The molecule has 0 atom stereocenters. The van der Waals surface area contributed by atoms with Crippen LogP contribution in [0.15, 0.2) is 48.8 Å². The highest BCUT2D eigenvalue weighted by Gasteiger charge is 2.37. The first-order chi connectivity index (χ1) is 13.0. The second-order valence-electron chi connectivity index (χ2n) is 5.81. The molecule has 3 aromatic rings. The number of imide groups is 1. The van der Waals surface area contributed by atoms with Crippen molar-refractivity contribution in [2.45, 2.75) is 0 Å². The van der Waals surface area contributed by atoms with Gasteiger partial charge < -0.3 is 0 Å². The van der Waals surface area contributed by atoms with Crippen LogP contribution in [0, 0.1) is 10.1 Å². The van der Waals surface area contributed by atoms with E-state index >= 15 is 0 Å². The summed E-state index contributed by atoms with van der Waals surface area (Å²) in [7, 11) is 0. The van der Waals surface area contributed by atoms with Crippen molar-refractivity contribution in [3.8, 4) is 0 Å². The van der Waals surface area contributed by atoms with Crippen molar-refractivity contribution in [3.63, 3.8) is 0 Å². The topological polar surface area (TPSA) is 127 Å². The molecule has 0 unspecified atom stereocenters. The summed E-state index contributed by atoms with van der Waals surface area (Å²) >= 11 is 0. The predicted octanol–water partition coefficient (Wildman–Crippen LogP) is 1.48. The standard InChI is InChI=1S/C17H11N5O5/c23-14(19-17-18-8-11-3-1-2-6-20(11)17)9-21-15(24)12-5-4-10(22(26)27)7-13(12)16(21)25/h1-8H,9H2,(H,18,19,23). The van der Waals surface area contributed by atoms with E-state index in [2.05, 4.69) is 10.3 Å². The average molecular weight is 365 g/mol. The Balaban J connectivity index is 1.54. The van der Waals surface area contributed by atoms with E-state index in [-0.39, 0.29) is 22.8 Å². The number of pyridine rings is 1. The minimum absolute atomic E-state index is 0.0321. The average Bonchev–Trinajstić information content (AvgIpc) is 3.16. The Hall–Kier alpha value is -4.08. The number of imidazole rings is 1. The van der Waals surface area contributed by atoms with Gasteiger partial charge >= 0.3 is 0 Å². The van der Waals surface area contributed by atoms with Gasteiger partial charge in [0.05, 0.1) is 27.8 Å². The van der Waals surface area contributed by atoms with Crippen LogP contribution >= 0.6 is 0 Å². The fraction of sp³-hybridized carbons (Fsp3) is 0.0588. The number of hydrogen-bond acceptors (Lipinski definition) is 6. The lowest BCUT2D eigenvalue weighted by molar-refractivity contribution is -0.384. The smallest absolute Gasteiger partial charge is 0.270 e. The summed E-state index contributed by atoms with van der Waals surface area (Å²) in [4.78, 5) is 52.1. The van der Waals surface area contributed by atoms with E-state index in [4.69, 9.17) is 0 Å². The molecule has 0 aliphatic carbocycles. The number of anilines is 1. The van der Waals surface area contributed by atoms with E-state index in [0.717, 1.165) is 22.5 Å². The monoisotopic (exact) mass is 365 g/mol. The molecule has 27 heavy (non-hydrogen) atoms. The molecule has 3 heterocycles. The van der Waals surface area contributed by atoms with Crippen LogP contribution in [0.3, 0.4) is 0 Å². The number of nitrogens with zero attached hydrogens (tertiary/aromatic N) is 4. The molecule has 1 aromatic carbocycles. The van der Waals surface area contributed by atoms with Crippen LogP contribution in [0.5, 0.6) is 0 Å². The fourth-order valence-electron chi connectivity index (χ4n) is 2.88. The Bertz CT molecular complexity index is 1140. The number of fused-ring (bicyclic) bond motifs is 2. The van der Waals surface area contributed by atoms with E-state index in [1.807, 2.05) is 6.07 Å². The van der Waals surface area contributed by atoms with E-state index < -0.39 is 29.2 Å². The number of nitro groups is 1. The third kappa shape index (κ3) is 2.68. The van der Waals surface area contributed by atoms with Crippen molar-refractivity contribution in [1.29, 1.82) is 0 Å². The van der Waals surface area contributed by atoms with Crippen molar-refractivity contribution >= 4 is 34.9 Å². The molecule has 1 N–H and O–H groups in total. The van der Waals surface area contributed by atoms with Gasteiger partial charge in [0.1, 0.15) is 6.54 Å². The predicted molar refractivity (Wildman–Crippen MR) is 92.3 cm³/mol. The van der Waals surface area contributed by atoms with Crippen LogP contribution in [-0.4, -0.2) is 43.5 Å². The molecule has 10 heteroatoms. The molecule has 3 amide bonds. The maximum absolute atomic E-state index is 12.4. The summed E-state index contributed by atoms with van der Waals surface area (Å²) in [5.41, 5.74) is 0.406. The molecular formula is C17H11N5O5. The third-order valence-corrected chi connectivity index (χ3v) is 4.16. The van der Waals surface area contributed by atoms with E-state index in [1.54, 1.807) is 28.9 Å². The van der Waals surface area contributed by atoms with E-state index in [0.29, 0.717) is 0 Å². The van der Waals surface area contributed by atoms with Gasteiger partial charge in [0.25, 0.3) is 17.5 Å². The van der Waals surface area contributed by atoms with Gasteiger partial charge in [-0.05, 0) is 18.2 Å². The number of non-ortho nitro benzene ring substituents is 1. The van der Waals surface area contributed by atoms with Crippen molar-refractivity contribution in [2.24, 2.45) is 0 Å². The molecule has 1 aliphatic heterocycles. The van der Waals surface area contributed by atoms with Crippen molar-refractivity contribution in [1.82, 2.24) is 14.3 Å². The number of benzene rings is 1. The Labute approximate surface area is 151 Å². The maximum Gasteiger partial charge on any atom is 0.270 e. The van der Waals surface area contributed by atoms with Crippen LogP contribution in [0.1, 0.15) is 20.7 Å². The number of nitro benzene ring substituents is 1. The zero-order chi connectivity index (χ0) is 19.1. The molecule has 1 aliphatic rings. The summed E-state index contributed by atoms with van der Waals surface area (Å²) in [6.45, 7) is -0.526. The number of amides is 3. The summed E-state index contributed by atoms with van der Waals surface area (Å²) in [5, 5.41) is 13.4. The zero-order valence-electron chi connectivity index (χ0n) is 13.7. The van der Waals surface area contributed by atoms with Gasteiger partial charge in [-0.25, -0.2) is 4.98 Å². The van der Waals surface area contributed by atoms with Gasteiger partial charge in [0.2, 0.25) is 11.9 Å². The summed E-state index contributed by atoms with van der Waals surface area (Å²) in [6.07, 6.45) is 3.27. The van der Waals surface area contributed by atoms with Crippen LogP contribution in [0.25, 0.3) is 5.52 Å². The zero-order valence-corrected chi connectivity index (χ0v) is 13.7. The van der Waals surface area contributed by atoms with Gasteiger partial charge in [-0.2, -0.15) is 0 Å². The highest BCUT2D eigenvalue weighted by atomic mass is 16.6. The first kappa shape index (κ1) is 16.4. The number of aromatic nitrogens is 2. The molecule has 0 radical (unpaired) electrons. The first-order valence-corrected chi connectivity index (χ1v) is 7.82. The Kier molecular flexibility index (Phi) is 3.65. The van der Waals surface area contributed by atoms with Crippen molar-refractivity contribution < 1.29 is 19.3 Å². The normalized spacial score (nSPS) is 13.1. The molecule has 4 rings (SSSR count). The first-order valence-electron chi connectivity index (χ1n) is 7.82. The maximum atomic E-state index is 12.4. The second-order valence-corrected chi connectivity index (χ2v) is 5.81. The van der Waals surface area contributed by atoms with E-state index in [9.17, 15) is 24.5 Å². The minimum Gasteiger partial charge on any atom is -0.294 e. The molecule has 10 nitrogen and oxygen atoms in total. The number of hydrogen-bond donors (Lipinski definition) is 1. The third-order valence-electron chi connectivity index (χ3n) is 4.16. The van der Waals surface area contributed by atoms with Crippen LogP contribution in [0.4, 0.5) is 11.6 Å². The van der Waals surface area contributed by atoms with Gasteiger partial charge in [-0.15, -0.1) is 0 Å². The summed E-state index contributed by atoms with van der Waals surface area (Å²) < 4.78 is 1.64. The lowest BCUT2D eigenvalue weighted by atomic mass is 10.1. The number of carbonyl (C=O) groups is 3. The molecule has 0 saturated carbocycles. The molecule has 0 saturated heterocycles. The lowest BCUT2D eigenvalue weighted by Crippen LogP contribution is -2.37. The molecule has 0 spiro atoms. The summed E-state index contributed by atoms with van der Waals surface area (Å²) in [5.74, 6) is -1.78. The largest absolute Gasteiger partial charge is 0.294 e. The van der Waals surface area contributed by atoms with Gasteiger partial charge in [0.15, 0.2) is 0 Å². The van der Waals surface area contributed by atoms with Gasteiger partial charge in [0, 0.05) is 18.3 Å². The van der Waals surface area contributed by atoms with E-state index in [1.165, 1.54) is 6.07 Å². The Morgan fingerprint density at radius 1 is 1.15 bits per heavy atom. The van der Waals surface area contributed by atoms with Crippen molar-refractivity contribution in [2.75, 3.05) is 11.9 Å². The Morgan fingerprint density at radius 3 is 2.70 bits per heavy atom. The lowest BCUT2D eigenvalue weighted by Gasteiger charge is -2.13. The fourth-order valence-corrected chi connectivity index (χ4v) is 2.88. The second kappa shape index (κ2) is 6.02. The number of rotatable bonds is 4. The minimum atomic E-state index is -0.748. The van der Waals surface area contributed by atoms with Crippen LogP contribution in [-0.2, 0) is 4.79 Å². The van der Waals surface area contributed by atoms with Gasteiger partial charge in [-0.3, -0.25) is 39.1 Å². The molecule has 134 valence electrons. The van der Waals surface area contributed by atoms with Crippen molar-refractivity contribution in [3.05, 3.63) is 70.0 Å². The SMILES string of the molecule is O=C(CN1C(=O)c2ccc([N+](=O)[O-])cc2C1=O)Nc1ncc2ccccn12. The molecule has 0 bridgehead atoms. The number of carbonyl (C=O) groups excluding carboxylic acids is 3. The molecular weight excluding hydrogens is 354 g/mol. The molecule has 0 fully saturated rings. The number of nitrogens with one attached hydrogen (secondary N) is 1.